The standard InChI is InChI=1S/C8H13N3/c1-8(2-3-8)7-4-6(5-9)10-11-7/h4H,2-3,5,9H2,1H3,(H,10,11). The van der Waals surface area contributed by atoms with Crippen LogP contribution in [0, 0.1) is 0 Å². The molecular weight excluding hydrogens is 138 g/mol. The Labute approximate surface area is 66.0 Å². The summed E-state index contributed by atoms with van der Waals surface area (Å²) in [5.41, 5.74) is 8.03. The van der Waals surface area contributed by atoms with Gasteiger partial charge in [-0.3, -0.25) is 5.10 Å². The number of nitrogens with zero attached hydrogens (tertiary/aromatic N) is 1. The molecule has 0 aliphatic heterocycles. The van der Waals surface area contributed by atoms with Gasteiger partial charge in [0.15, 0.2) is 0 Å². The third-order valence-electron chi connectivity index (χ3n) is 2.47. The van der Waals surface area contributed by atoms with Gasteiger partial charge in [-0.1, -0.05) is 6.92 Å². The molecule has 1 aliphatic rings. The molecule has 1 heterocycles. The SMILES string of the molecule is CC1(c2cc(CN)[nH]n2)CC1. The molecule has 2 rings (SSSR count). The lowest BCUT2D eigenvalue weighted by Gasteiger charge is -1.99. The first kappa shape index (κ1) is 6.85. The summed E-state index contributed by atoms with van der Waals surface area (Å²) in [5.74, 6) is 0. The average molecular weight is 151 g/mol. The van der Waals surface area contributed by atoms with Gasteiger partial charge in [-0.05, 0) is 18.9 Å². The van der Waals surface area contributed by atoms with Crippen LogP contribution in [-0.2, 0) is 12.0 Å². The third-order valence-corrected chi connectivity index (χ3v) is 2.47. The summed E-state index contributed by atoms with van der Waals surface area (Å²) in [5, 5.41) is 7.14. The normalized spacial score (nSPS) is 20.2. The molecule has 0 spiro atoms. The van der Waals surface area contributed by atoms with Crippen molar-refractivity contribution in [3.05, 3.63) is 17.5 Å². The van der Waals surface area contributed by atoms with E-state index in [4.69, 9.17) is 5.73 Å². The topological polar surface area (TPSA) is 54.7 Å². The third kappa shape index (κ3) is 1.05. The Morgan fingerprint density at radius 3 is 2.91 bits per heavy atom. The summed E-state index contributed by atoms with van der Waals surface area (Å²) in [6.45, 7) is 2.80. The fourth-order valence-corrected chi connectivity index (χ4v) is 1.22. The predicted octanol–water partition coefficient (Wildman–Crippen LogP) is 0.920. The molecule has 11 heavy (non-hydrogen) atoms. The highest BCUT2D eigenvalue weighted by Crippen LogP contribution is 2.46. The first-order valence-electron chi connectivity index (χ1n) is 3.99. The minimum atomic E-state index is 0.365. The summed E-state index contributed by atoms with van der Waals surface area (Å²) in [6.07, 6.45) is 2.53. The summed E-state index contributed by atoms with van der Waals surface area (Å²) in [6, 6.07) is 2.08. The molecule has 60 valence electrons. The minimum Gasteiger partial charge on any atom is -0.325 e. The van der Waals surface area contributed by atoms with E-state index in [9.17, 15) is 0 Å². The lowest BCUT2D eigenvalue weighted by Crippen LogP contribution is -1.99. The molecule has 0 amide bonds. The Hall–Kier alpha value is -0.830. The van der Waals surface area contributed by atoms with Crippen molar-refractivity contribution in [2.24, 2.45) is 5.73 Å². The van der Waals surface area contributed by atoms with Gasteiger partial charge in [-0.2, -0.15) is 5.10 Å². The maximum absolute atomic E-state index is 5.46. The van der Waals surface area contributed by atoms with Crippen LogP contribution in [0.1, 0.15) is 31.2 Å². The van der Waals surface area contributed by atoms with Crippen molar-refractivity contribution in [2.75, 3.05) is 0 Å². The second kappa shape index (κ2) is 2.08. The summed E-state index contributed by atoms with van der Waals surface area (Å²) in [4.78, 5) is 0. The molecular formula is C8H13N3. The Bertz CT molecular complexity index is 260. The van der Waals surface area contributed by atoms with E-state index < -0.39 is 0 Å². The zero-order valence-electron chi connectivity index (χ0n) is 6.72. The van der Waals surface area contributed by atoms with Crippen LogP contribution in [0.5, 0.6) is 0 Å². The lowest BCUT2D eigenvalue weighted by molar-refractivity contribution is 0.741. The molecule has 0 saturated heterocycles. The molecule has 1 saturated carbocycles. The number of nitrogens with two attached hydrogens (primary N) is 1. The second-order valence-electron chi connectivity index (χ2n) is 3.54. The lowest BCUT2D eigenvalue weighted by atomic mass is 10.1. The van der Waals surface area contributed by atoms with Crippen LogP contribution in [0.3, 0.4) is 0 Å². The summed E-state index contributed by atoms with van der Waals surface area (Å²) >= 11 is 0. The smallest absolute Gasteiger partial charge is 0.0684 e. The molecule has 0 bridgehead atoms. The first-order chi connectivity index (χ1) is 5.24. The number of hydrogen-bond acceptors (Lipinski definition) is 2. The van der Waals surface area contributed by atoms with Crippen molar-refractivity contribution in [3.8, 4) is 0 Å². The zero-order chi connectivity index (χ0) is 7.90. The molecule has 1 aromatic rings. The van der Waals surface area contributed by atoms with Crippen LogP contribution in [-0.4, -0.2) is 10.2 Å². The van der Waals surface area contributed by atoms with Gasteiger partial charge >= 0.3 is 0 Å². The molecule has 1 aliphatic carbocycles. The zero-order valence-corrected chi connectivity index (χ0v) is 6.72. The van der Waals surface area contributed by atoms with E-state index in [0.29, 0.717) is 12.0 Å². The van der Waals surface area contributed by atoms with Crippen molar-refractivity contribution in [3.63, 3.8) is 0 Å². The Balaban J connectivity index is 2.25. The molecule has 0 aromatic carbocycles. The van der Waals surface area contributed by atoms with E-state index in [1.165, 1.54) is 18.5 Å². The van der Waals surface area contributed by atoms with Gasteiger partial charge in [-0.15, -0.1) is 0 Å². The van der Waals surface area contributed by atoms with Crippen LogP contribution < -0.4 is 5.73 Å². The highest BCUT2D eigenvalue weighted by molar-refractivity contribution is 5.24. The Morgan fingerprint density at radius 1 is 1.73 bits per heavy atom. The van der Waals surface area contributed by atoms with E-state index >= 15 is 0 Å². The largest absolute Gasteiger partial charge is 0.325 e. The van der Waals surface area contributed by atoms with Gasteiger partial charge in [0.05, 0.1) is 5.69 Å². The van der Waals surface area contributed by atoms with Crippen LogP contribution in [0.4, 0.5) is 0 Å². The second-order valence-corrected chi connectivity index (χ2v) is 3.54. The van der Waals surface area contributed by atoms with E-state index in [1.54, 1.807) is 0 Å². The maximum atomic E-state index is 5.46. The van der Waals surface area contributed by atoms with Crippen molar-refractivity contribution >= 4 is 0 Å². The number of H-pyrrole nitrogens is 1. The van der Waals surface area contributed by atoms with Crippen LogP contribution in [0.2, 0.25) is 0 Å². The molecule has 0 atom stereocenters. The quantitative estimate of drug-likeness (QED) is 0.660. The minimum absolute atomic E-state index is 0.365. The highest BCUT2D eigenvalue weighted by Gasteiger charge is 2.41. The maximum Gasteiger partial charge on any atom is 0.0684 e. The average Bonchev–Trinajstić information content (AvgIpc) is 2.61. The van der Waals surface area contributed by atoms with Crippen molar-refractivity contribution < 1.29 is 0 Å². The summed E-state index contributed by atoms with van der Waals surface area (Å²) < 4.78 is 0. The molecule has 0 radical (unpaired) electrons. The van der Waals surface area contributed by atoms with Crippen molar-refractivity contribution in [1.29, 1.82) is 0 Å². The first-order valence-corrected chi connectivity index (χ1v) is 3.99. The van der Waals surface area contributed by atoms with E-state index in [1.807, 2.05) is 0 Å². The fourth-order valence-electron chi connectivity index (χ4n) is 1.22. The molecule has 3 nitrogen and oxygen atoms in total. The molecule has 0 unspecified atom stereocenters. The van der Waals surface area contributed by atoms with Crippen LogP contribution in [0.25, 0.3) is 0 Å². The predicted molar refractivity (Wildman–Crippen MR) is 43.1 cm³/mol. The fraction of sp³-hybridized carbons (Fsp3) is 0.625. The van der Waals surface area contributed by atoms with Gasteiger partial charge in [0, 0.05) is 17.7 Å². The van der Waals surface area contributed by atoms with E-state index in [-0.39, 0.29) is 0 Å². The van der Waals surface area contributed by atoms with Crippen LogP contribution >= 0.6 is 0 Å². The van der Waals surface area contributed by atoms with E-state index in [0.717, 1.165) is 5.69 Å². The highest BCUT2D eigenvalue weighted by atomic mass is 15.1. The van der Waals surface area contributed by atoms with Crippen molar-refractivity contribution in [1.82, 2.24) is 10.2 Å². The molecule has 1 aromatic heterocycles. The van der Waals surface area contributed by atoms with Gasteiger partial charge in [0.1, 0.15) is 0 Å². The monoisotopic (exact) mass is 151 g/mol. The molecule has 1 fully saturated rings. The van der Waals surface area contributed by atoms with Gasteiger partial charge in [-0.25, -0.2) is 0 Å². The van der Waals surface area contributed by atoms with Gasteiger partial charge < -0.3 is 5.73 Å². The van der Waals surface area contributed by atoms with Gasteiger partial charge in [0.25, 0.3) is 0 Å². The number of rotatable bonds is 2. The number of aromatic nitrogens is 2. The number of nitrogens with one attached hydrogen (secondary N) is 1. The molecule has 3 heteroatoms. The number of hydrogen-bond donors (Lipinski definition) is 2. The Morgan fingerprint density at radius 2 is 2.45 bits per heavy atom. The van der Waals surface area contributed by atoms with Crippen molar-refractivity contribution in [2.45, 2.75) is 31.7 Å². The summed E-state index contributed by atoms with van der Waals surface area (Å²) in [7, 11) is 0. The van der Waals surface area contributed by atoms with E-state index in [2.05, 4.69) is 23.2 Å². The van der Waals surface area contributed by atoms with Gasteiger partial charge in [0.2, 0.25) is 0 Å². The molecule has 3 N–H and O–H groups in total. The number of aromatic amines is 1. The Kier molecular flexibility index (Phi) is 1.29. The van der Waals surface area contributed by atoms with Crippen LogP contribution in [0.15, 0.2) is 6.07 Å².